The average molecular weight is 420 g/mol. The molecule has 0 aliphatic rings. The molecule has 0 aliphatic heterocycles. The van der Waals surface area contributed by atoms with Crippen molar-refractivity contribution in [2.45, 2.75) is 11.8 Å². The summed E-state index contributed by atoms with van der Waals surface area (Å²) in [5.41, 5.74) is 2.00. The van der Waals surface area contributed by atoms with E-state index in [2.05, 4.69) is 4.98 Å². The number of nitrogens with zero attached hydrogens (tertiary/aromatic N) is 1. The van der Waals surface area contributed by atoms with Gasteiger partial charge in [0.1, 0.15) is 4.90 Å². The first-order valence-corrected chi connectivity index (χ1v) is 10.6. The number of para-hydroxylation sites is 1. The van der Waals surface area contributed by atoms with E-state index in [1.807, 2.05) is 0 Å². The predicted octanol–water partition coefficient (Wildman–Crippen LogP) is 3.24. The van der Waals surface area contributed by atoms with Crippen LogP contribution < -0.4 is 10.9 Å². The number of aromatic amines is 1. The Bertz CT molecular complexity index is 1780. The summed E-state index contributed by atoms with van der Waals surface area (Å²) < 4.78 is 35.2. The van der Waals surface area contributed by atoms with Gasteiger partial charge in [-0.15, -0.1) is 0 Å². The average Bonchev–Trinajstić information content (AvgIpc) is 2.70. The van der Waals surface area contributed by atoms with E-state index in [9.17, 15) is 22.6 Å². The summed E-state index contributed by atoms with van der Waals surface area (Å²) in [6, 6.07) is 13.1. The number of nitrogens with one attached hydrogen (secondary N) is 1. The number of aryl methyl sites for hydroxylation is 2. The van der Waals surface area contributed by atoms with E-state index in [0.29, 0.717) is 38.4 Å². The maximum Gasteiger partial charge on any atom is 0.295 e. The second-order valence-electron chi connectivity index (χ2n) is 7.38. The normalized spacial score (nSPS) is 12.4. The van der Waals surface area contributed by atoms with E-state index in [4.69, 9.17) is 0 Å². The highest BCUT2D eigenvalue weighted by atomic mass is 32.2. The molecule has 0 bridgehead atoms. The van der Waals surface area contributed by atoms with E-state index >= 15 is 0 Å². The maximum atomic E-state index is 13.4. The highest BCUT2D eigenvalue weighted by Crippen LogP contribution is 2.28. The van der Waals surface area contributed by atoms with E-state index in [-0.39, 0.29) is 16.2 Å². The Labute approximate surface area is 169 Å². The van der Waals surface area contributed by atoms with Gasteiger partial charge in [0.15, 0.2) is 10.9 Å². The van der Waals surface area contributed by atoms with Gasteiger partial charge < -0.3 is 9.55 Å². The van der Waals surface area contributed by atoms with Gasteiger partial charge in [0.05, 0.1) is 21.9 Å². The number of fused-ring (bicyclic) bond motifs is 4. The lowest BCUT2D eigenvalue weighted by Crippen LogP contribution is -2.15. The standard InChI is InChI=1S/C22H16N2O5S/c1-11-7-8-18(30(27,28)29)19-20(11)24(2)17-10-13-16(9-14(17)22(19)26)23-15-6-4-3-5-12(15)21(13)25/h3-10H,1-2H3,(H,23,25)(H,27,28,29). The highest BCUT2D eigenvalue weighted by molar-refractivity contribution is 7.86. The van der Waals surface area contributed by atoms with Crippen LogP contribution in [0.25, 0.3) is 43.6 Å². The molecular formula is C22H16N2O5S. The molecule has 0 amide bonds. The summed E-state index contributed by atoms with van der Waals surface area (Å²) in [7, 11) is -2.90. The molecule has 0 spiro atoms. The minimum Gasteiger partial charge on any atom is -0.354 e. The molecule has 0 aliphatic carbocycles. The van der Waals surface area contributed by atoms with Crippen molar-refractivity contribution in [1.82, 2.24) is 9.55 Å². The van der Waals surface area contributed by atoms with Crippen LogP contribution in [0.3, 0.4) is 0 Å². The van der Waals surface area contributed by atoms with Crippen molar-refractivity contribution in [2.75, 3.05) is 0 Å². The molecule has 3 aromatic carbocycles. The first-order chi connectivity index (χ1) is 14.2. The van der Waals surface area contributed by atoms with Crippen LogP contribution >= 0.6 is 0 Å². The monoisotopic (exact) mass is 420 g/mol. The Balaban J connectivity index is 2.09. The predicted molar refractivity (Wildman–Crippen MR) is 117 cm³/mol. The lowest BCUT2D eigenvalue weighted by molar-refractivity contribution is 0.484. The third kappa shape index (κ3) is 2.44. The molecule has 5 aromatic rings. The summed E-state index contributed by atoms with van der Waals surface area (Å²) in [5.74, 6) is 0. The molecule has 30 heavy (non-hydrogen) atoms. The Hall–Kier alpha value is -3.49. The van der Waals surface area contributed by atoms with Gasteiger partial charge in [-0.3, -0.25) is 14.1 Å². The summed E-state index contributed by atoms with van der Waals surface area (Å²) in [5, 5.41) is 1.15. The Kier molecular flexibility index (Phi) is 3.71. The van der Waals surface area contributed by atoms with Crippen molar-refractivity contribution in [3.63, 3.8) is 0 Å². The number of rotatable bonds is 1. The van der Waals surface area contributed by atoms with Crippen molar-refractivity contribution in [3.05, 3.63) is 74.5 Å². The third-order valence-corrected chi connectivity index (χ3v) is 6.51. The summed E-state index contributed by atoms with van der Waals surface area (Å²) in [6.07, 6.45) is 0. The number of H-pyrrole nitrogens is 1. The van der Waals surface area contributed by atoms with Crippen LogP contribution in [-0.2, 0) is 17.2 Å². The van der Waals surface area contributed by atoms with Crippen LogP contribution in [-0.4, -0.2) is 22.5 Å². The van der Waals surface area contributed by atoms with E-state index < -0.39 is 20.4 Å². The van der Waals surface area contributed by atoms with Crippen LogP contribution in [0, 0.1) is 6.92 Å². The fraction of sp³-hybridized carbons (Fsp3) is 0.0909. The quantitative estimate of drug-likeness (QED) is 0.320. The molecule has 150 valence electrons. The number of benzene rings is 3. The minimum absolute atomic E-state index is 0.0741. The van der Waals surface area contributed by atoms with Gasteiger partial charge in [-0.25, -0.2) is 0 Å². The smallest absolute Gasteiger partial charge is 0.295 e. The summed E-state index contributed by atoms with van der Waals surface area (Å²) in [4.78, 5) is 29.1. The van der Waals surface area contributed by atoms with Crippen LogP contribution in [0.5, 0.6) is 0 Å². The zero-order valence-electron chi connectivity index (χ0n) is 16.1. The van der Waals surface area contributed by atoms with Crippen molar-refractivity contribution < 1.29 is 13.0 Å². The van der Waals surface area contributed by atoms with E-state index in [1.165, 1.54) is 12.1 Å². The lowest BCUT2D eigenvalue weighted by atomic mass is 10.0. The molecular weight excluding hydrogens is 404 g/mol. The zero-order chi connectivity index (χ0) is 21.4. The van der Waals surface area contributed by atoms with Crippen LogP contribution in [0.15, 0.2) is 63.0 Å². The first kappa shape index (κ1) is 18.5. The zero-order valence-corrected chi connectivity index (χ0v) is 16.9. The molecule has 2 heterocycles. The van der Waals surface area contributed by atoms with Gasteiger partial charge >= 0.3 is 0 Å². The number of hydrogen-bond acceptors (Lipinski definition) is 4. The molecule has 0 radical (unpaired) electrons. The molecule has 5 rings (SSSR count). The van der Waals surface area contributed by atoms with Crippen molar-refractivity contribution in [2.24, 2.45) is 7.05 Å². The molecule has 0 saturated heterocycles. The largest absolute Gasteiger partial charge is 0.354 e. The third-order valence-electron chi connectivity index (χ3n) is 5.61. The first-order valence-electron chi connectivity index (χ1n) is 9.17. The van der Waals surface area contributed by atoms with Gasteiger partial charge in [0.2, 0.25) is 0 Å². The Morgan fingerprint density at radius 3 is 2.37 bits per heavy atom. The highest BCUT2D eigenvalue weighted by Gasteiger charge is 2.21. The summed E-state index contributed by atoms with van der Waals surface area (Å²) in [6.45, 7) is 1.75. The van der Waals surface area contributed by atoms with Crippen molar-refractivity contribution in [3.8, 4) is 0 Å². The Morgan fingerprint density at radius 2 is 1.63 bits per heavy atom. The second-order valence-corrected chi connectivity index (χ2v) is 8.77. The second kappa shape index (κ2) is 6.01. The van der Waals surface area contributed by atoms with Gasteiger partial charge in [-0.2, -0.15) is 8.42 Å². The van der Waals surface area contributed by atoms with Crippen LogP contribution in [0.1, 0.15) is 5.56 Å². The maximum absolute atomic E-state index is 13.4. The van der Waals surface area contributed by atoms with Crippen LogP contribution in [0.4, 0.5) is 0 Å². The molecule has 0 fully saturated rings. The topological polar surface area (TPSA) is 109 Å². The SMILES string of the molecule is Cc1ccc(S(=O)(=O)O)c2c(=O)c3cc4[nH]c5ccccc5c(=O)c4cc3n(C)c12. The molecule has 8 heteroatoms. The van der Waals surface area contributed by atoms with Gasteiger partial charge in [0, 0.05) is 28.7 Å². The molecule has 0 saturated carbocycles. The summed E-state index contributed by atoms with van der Waals surface area (Å²) >= 11 is 0. The number of aromatic nitrogens is 2. The minimum atomic E-state index is -4.60. The van der Waals surface area contributed by atoms with Crippen molar-refractivity contribution in [1.29, 1.82) is 0 Å². The van der Waals surface area contributed by atoms with Crippen LogP contribution in [0.2, 0.25) is 0 Å². The fourth-order valence-corrected chi connectivity index (χ4v) is 4.91. The number of hydrogen-bond donors (Lipinski definition) is 2. The molecule has 0 unspecified atom stereocenters. The van der Waals surface area contributed by atoms with E-state index in [0.717, 1.165) is 0 Å². The lowest BCUT2D eigenvalue weighted by Gasteiger charge is -2.15. The van der Waals surface area contributed by atoms with E-state index in [1.54, 1.807) is 54.9 Å². The fourth-order valence-electron chi connectivity index (χ4n) is 4.22. The Morgan fingerprint density at radius 1 is 0.900 bits per heavy atom. The van der Waals surface area contributed by atoms with Gasteiger partial charge in [0.25, 0.3) is 10.1 Å². The van der Waals surface area contributed by atoms with Gasteiger partial charge in [-0.1, -0.05) is 18.2 Å². The molecule has 2 N–H and O–H groups in total. The number of pyridine rings is 2. The molecule has 7 nitrogen and oxygen atoms in total. The van der Waals surface area contributed by atoms with Crippen molar-refractivity contribution >= 4 is 53.7 Å². The molecule has 2 aromatic heterocycles. The molecule has 0 atom stereocenters. The van der Waals surface area contributed by atoms with Gasteiger partial charge in [-0.05, 0) is 42.8 Å².